The van der Waals surface area contributed by atoms with Gasteiger partial charge in [-0.3, -0.25) is 0 Å². The van der Waals surface area contributed by atoms with E-state index in [-0.39, 0.29) is 14.1 Å². The molecule has 0 aliphatic carbocycles. The van der Waals surface area contributed by atoms with Crippen molar-refractivity contribution in [1.82, 2.24) is 4.31 Å². The lowest BCUT2D eigenvalue weighted by Gasteiger charge is -2.19. The molecule has 0 fully saturated rings. The minimum atomic E-state index is -4.61. The quantitative estimate of drug-likeness (QED) is 0.921. The summed E-state index contributed by atoms with van der Waals surface area (Å²) >= 11 is 1.00. The molecule has 0 amide bonds. The number of hydrogen-bond donors (Lipinski definition) is 1. The standard InChI is InChI=1S/C9H12F3NO3S2/c1-6-4-17-7(3-14)8(6)18(15,16)13(2)5-9(10,11)12/h4,14H,3,5H2,1-2H3. The van der Waals surface area contributed by atoms with Crippen LogP contribution in [0.15, 0.2) is 10.3 Å². The first kappa shape index (κ1) is 15.4. The Morgan fingerprint density at radius 1 is 1.44 bits per heavy atom. The number of halogens is 3. The Bertz CT molecular complexity index is 522. The van der Waals surface area contributed by atoms with Crippen LogP contribution in [0, 0.1) is 6.92 Å². The van der Waals surface area contributed by atoms with Gasteiger partial charge in [-0.1, -0.05) is 0 Å². The second kappa shape index (κ2) is 5.16. The highest BCUT2D eigenvalue weighted by Crippen LogP contribution is 2.30. The summed E-state index contributed by atoms with van der Waals surface area (Å²) in [5, 5.41) is 10.5. The van der Waals surface area contributed by atoms with E-state index >= 15 is 0 Å². The lowest BCUT2D eigenvalue weighted by atomic mass is 10.3. The molecule has 0 spiro atoms. The van der Waals surface area contributed by atoms with Gasteiger partial charge in [-0.15, -0.1) is 11.3 Å². The molecule has 0 aliphatic heterocycles. The summed E-state index contributed by atoms with van der Waals surface area (Å²) in [5.74, 6) is 0. The van der Waals surface area contributed by atoms with Crippen LogP contribution in [-0.4, -0.2) is 37.6 Å². The van der Waals surface area contributed by atoms with Crippen LogP contribution in [0.1, 0.15) is 10.4 Å². The van der Waals surface area contributed by atoms with Crippen molar-refractivity contribution in [3.05, 3.63) is 15.8 Å². The molecular weight excluding hydrogens is 291 g/mol. The van der Waals surface area contributed by atoms with Crippen molar-refractivity contribution in [3.8, 4) is 0 Å². The van der Waals surface area contributed by atoms with Crippen LogP contribution < -0.4 is 0 Å². The molecule has 0 saturated carbocycles. The molecule has 1 rings (SSSR count). The molecule has 1 heterocycles. The van der Waals surface area contributed by atoms with Gasteiger partial charge in [0.2, 0.25) is 10.0 Å². The van der Waals surface area contributed by atoms with Gasteiger partial charge in [0, 0.05) is 7.05 Å². The molecular formula is C9H12F3NO3S2. The van der Waals surface area contributed by atoms with Crippen LogP contribution in [0.25, 0.3) is 0 Å². The van der Waals surface area contributed by atoms with Gasteiger partial charge in [0.05, 0.1) is 11.5 Å². The third-order valence-corrected chi connectivity index (χ3v) is 5.46. The Morgan fingerprint density at radius 2 is 2.00 bits per heavy atom. The van der Waals surface area contributed by atoms with Crippen LogP contribution in [0.3, 0.4) is 0 Å². The van der Waals surface area contributed by atoms with Gasteiger partial charge >= 0.3 is 6.18 Å². The summed E-state index contributed by atoms with van der Waals surface area (Å²) < 4.78 is 60.8. The van der Waals surface area contributed by atoms with E-state index in [1.54, 1.807) is 0 Å². The maximum absolute atomic E-state index is 12.2. The Balaban J connectivity index is 3.17. The SMILES string of the molecule is Cc1csc(CO)c1S(=O)(=O)N(C)CC(F)(F)F. The number of aliphatic hydroxyl groups is 1. The van der Waals surface area contributed by atoms with Gasteiger partial charge in [-0.25, -0.2) is 8.42 Å². The summed E-state index contributed by atoms with van der Waals surface area (Å²) in [6.07, 6.45) is -4.61. The second-order valence-electron chi connectivity index (χ2n) is 3.71. The first-order valence-corrected chi connectivity index (χ1v) is 7.12. The van der Waals surface area contributed by atoms with Crippen molar-refractivity contribution in [2.75, 3.05) is 13.6 Å². The summed E-state index contributed by atoms with van der Waals surface area (Å²) in [7, 11) is -3.38. The highest BCUT2D eigenvalue weighted by molar-refractivity contribution is 7.89. The summed E-state index contributed by atoms with van der Waals surface area (Å²) in [6, 6.07) is 0. The van der Waals surface area contributed by atoms with E-state index in [1.807, 2.05) is 0 Å². The number of rotatable bonds is 4. The second-order valence-corrected chi connectivity index (χ2v) is 6.65. The van der Waals surface area contributed by atoms with E-state index in [0.717, 1.165) is 18.4 Å². The van der Waals surface area contributed by atoms with Gasteiger partial charge in [-0.2, -0.15) is 17.5 Å². The molecule has 0 aliphatic rings. The van der Waals surface area contributed by atoms with Crippen molar-refractivity contribution < 1.29 is 26.7 Å². The molecule has 1 aromatic heterocycles. The largest absolute Gasteiger partial charge is 0.402 e. The van der Waals surface area contributed by atoms with E-state index in [4.69, 9.17) is 5.11 Å². The number of hydrogen-bond acceptors (Lipinski definition) is 4. The fourth-order valence-electron chi connectivity index (χ4n) is 1.44. The van der Waals surface area contributed by atoms with Crippen molar-refractivity contribution >= 4 is 21.4 Å². The topological polar surface area (TPSA) is 57.6 Å². The molecule has 0 radical (unpaired) electrons. The Labute approximate surface area is 107 Å². The van der Waals surface area contributed by atoms with Crippen LogP contribution >= 0.6 is 11.3 Å². The minimum absolute atomic E-state index is 0.140. The number of nitrogens with zero attached hydrogens (tertiary/aromatic N) is 1. The van der Waals surface area contributed by atoms with E-state index in [0.29, 0.717) is 5.56 Å². The van der Waals surface area contributed by atoms with Gasteiger partial charge < -0.3 is 5.11 Å². The smallest absolute Gasteiger partial charge is 0.391 e. The fraction of sp³-hybridized carbons (Fsp3) is 0.556. The van der Waals surface area contributed by atoms with Gasteiger partial charge in [-0.05, 0) is 17.9 Å². The summed E-state index contributed by atoms with van der Waals surface area (Å²) in [5.41, 5.74) is 0.332. The van der Waals surface area contributed by atoms with Gasteiger partial charge in [0.15, 0.2) is 0 Å². The van der Waals surface area contributed by atoms with E-state index < -0.39 is 29.4 Å². The number of sulfonamides is 1. The van der Waals surface area contributed by atoms with Crippen LogP contribution in [-0.2, 0) is 16.6 Å². The number of alkyl halides is 3. The van der Waals surface area contributed by atoms with E-state index in [1.165, 1.54) is 12.3 Å². The zero-order valence-corrected chi connectivity index (χ0v) is 11.3. The number of aryl methyl sites for hydroxylation is 1. The summed E-state index contributed by atoms with van der Waals surface area (Å²) in [4.78, 5) is -0.0942. The molecule has 0 aromatic carbocycles. The molecule has 0 saturated heterocycles. The van der Waals surface area contributed by atoms with Gasteiger partial charge in [0.1, 0.15) is 11.4 Å². The third kappa shape index (κ3) is 3.22. The highest BCUT2D eigenvalue weighted by atomic mass is 32.2. The van der Waals surface area contributed by atoms with Crippen molar-refractivity contribution in [2.45, 2.75) is 24.6 Å². The molecule has 1 N–H and O–H groups in total. The van der Waals surface area contributed by atoms with Crippen molar-refractivity contribution in [2.24, 2.45) is 0 Å². The Kier molecular flexibility index (Phi) is 4.42. The zero-order valence-electron chi connectivity index (χ0n) is 9.65. The number of thiophene rings is 1. The molecule has 1 aromatic rings. The Morgan fingerprint density at radius 3 is 2.44 bits per heavy atom. The van der Waals surface area contributed by atoms with Gasteiger partial charge in [0.25, 0.3) is 0 Å². The van der Waals surface area contributed by atoms with E-state index in [9.17, 15) is 21.6 Å². The lowest BCUT2D eigenvalue weighted by molar-refractivity contribution is -0.134. The maximum Gasteiger partial charge on any atom is 0.402 e. The van der Waals surface area contributed by atoms with Crippen LogP contribution in [0.5, 0.6) is 0 Å². The molecule has 0 atom stereocenters. The predicted molar refractivity (Wildman–Crippen MR) is 60.8 cm³/mol. The maximum atomic E-state index is 12.2. The molecule has 0 unspecified atom stereocenters. The average Bonchev–Trinajstić information content (AvgIpc) is 2.57. The minimum Gasteiger partial charge on any atom is -0.391 e. The normalized spacial score (nSPS) is 13.3. The first-order chi connectivity index (χ1) is 8.09. The van der Waals surface area contributed by atoms with E-state index in [2.05, 4.69) is 0 Å². The zero-order chi connectivity index (χ0) is 14.1. The third-order valence-electron chi connectivity index (χ3n) is 2.20. The molecule has 4 nitrogen and oxygen atoms in total. The fourth-order valence-corrected chi connectivity index (χ4v) is 4.20. The molecule has 104 valence electrons. The predicted octanol–water partition coefficient (Wildman–Crippen LogP) is 1.73. The Hall–Kier alpha value is -0.640. The van der Waals surface area contributed by atoms with Crippen molar-refractivity contribution in [1.29, 1.82) is 0 Å². The highest BCUT2D eigenvalue weighted by Gasteiger charge is 2.36. The molecule has 9 heteroatoms. The number of aliphatic hydroxyl groups excluding tert-OH is 1. The summed E-state index contributed by atoms with van der Waals surface area (Å²) in [6.45, 7) is -0.605. The van der Waals surface area contributed by atoms with Crippen molar-refractivity contribution in [3.63, 3.8) is 0 Å². The van der Waals surface area contributed by atoms with Crippen LogP contribution in [0.4, 0.5) is 13.2 Å². The molecule has 18 heavy (non-hydrogen) atoms. The lowest BCUT2D eigenvalue weighted by Crippen LogP contribution is -2.36. The first-order valence-electron chi connectivity index (χ1n) is 4.80. The molecule has 0 bridgehead atoms. The monoisotopic (exact) mass is 303 g/mol. The average molecular weight is 303 g/mol. The van der Waals surface area contributed by atoms with Crippen LogP contribution in [0.2, 0.25) is 0 Å².